The topological polar surface area (TPSA) is 30.7 Å². The minimum atomic E-state index is 0.456. The predicted molar refractivity (Wildman–Crippen MR) is 83.1 cm³/mol. The molecule has 0 N–H and O–H groups in total. The second-order valence-corrected chi connectivity index (χ2v) is 6.36. The van der Waals surface area contributed by atoms with E-state index >= 15 is 0 Å². The molecular weight excluding hydrogens is 270 g/mol. The molecule has 3 nitrogen and oxygen atoms in total. The van der Waals surface area contributed by atoms with Gasteiger partial charge in [-0.15, -0.1) is 11.6 Å². The van der Waals surface area contributed by atoms with E-state index in [0.717, 1.165) is 24.3 Å². The quantitative estimate of drug-likeness (QED) is 0.774. The lowest BCUT2D eigenvalue weighted by molar-refractivity contribution is 0.238. The summed E-state index contributed by atoms with van der Waals surface area (Å²) in [5.74, 6) is 1.73. The molecule has 1 fully saturated rings. The van der Waals surface area contributed by atoms with Crippen LogP contribution in [0.4, 0.5) is 0 Å². The zero-order valence-corrected chi connectivity index (χ0v) is 12.9. The molecule has 0 spiro atoms. The van der Waals surface area contributed by atoms with Crippen LogP contribution in [0.5, 0.6) is 0 Å². The van der Waals surface area contributed by atoms with Gasteiger partial charge in [-0.1, -0.05) is 19.8 Å². The van der Waals surface area contributed by atoms with E-state index in [-0.39, 0.29) is 0 Å². The summed E-state index contributed by atoms with van der Waals surface area (Å²) < 4.78 is 2.40. The molecule has 20 heavy (non-hydrogen) atoms. The van der Waals surface area contributed by atoms with Crippen molar-refractivity contribution < 1.29 is 0 Å². The maximum absolute atomic E-state index is 5.95. The summed E-state index contributed by atoms with van der Waals surface area (Å²) in [4.78, 5) is 8.91. The third-order valence-electron chi connectivity index (χ3n) is 4.86. The number of pyridine rings is 1. The Hall–Kier alpha value is -1.09. The minimum absolute atomic E-state index is 0.456. The van der Waals surface area contributed by atoms with Crippen LogP contribution >= 0.6 is 11.6 Å². The third-order valence-corrected chi connectivity index (χ3v) is 5.04. The van der Waals surface area contributed by atoms with Gasteiger partial charge in [0.15, 0.2) is 0 Å². The Balaban J connectivity index is 2.02. The molecule has 1 saturated carbocycles. The van der Waals surface area contributed by atoms with Gasteiger partial charge in [-0.2, -0.15) is 0 Å². The molecule has 1 aliphatic rings. The first-order valence-corrected chi connectivity index (χ1v) is 8.16. The summed E-state index contributed by atoms with van der Waals surface area (Å²) >= 11 is 5.95. The number of alkyl halides is 1. The molecule has 4 heteroatoms. The van der Waals surface area contributed by atoms with E-state index in [1.807, 2.05) is 12.4 Å². The molecular formula is C16H22ClN3. The fourth-order valence-electron chi connectivity index (χ4n) is 3.57. The molecule has 0 aliphatic heterocycles. The highest BCUT2D eigenvalue weighted by Crippen LogP contribution is 2.43. The van der Waals surface area contributed by atoms with Gasteiger partial charge in [0, 0.05) is 25.0 Å². The monoisotopic (exact) mass is 291 g/mol. The van der Waals surface area contributed by atoms with E-state index in [0.29, 0.717) is 11.3 Å². The molecule has 0 aromatic carbocycles. The summed E-state index contributed by atoms with van der Waals surface area (Å²) in [6.45, 7) is 3.41. The van der Waals surface area contributed by atoms with Crippen LogP contribution in [0.25, 0.3) is 11.0 Å². The van der Waals surface area contributed by atoms with E-state index in [1.165, 1.54) is 37.6 Å². The summed E-state index contributed by atoms with van der Waals surface area (Å²) in [6.07, 6.45) is 11.2. The number of aromatic nitrogens is 3. The molecule has 2 aromatic heterocycles. The number of nitrogens with zero attached hydrogens (tertiary/aromatic N) is 3. The highest BCUT2D eigenvalue weighted by molar-refractivity contribution is 6.17. The van der Waals surface area contributed by atoms with E-state index in [1.54, 1.807) is 0 Å². The predicted octanol–water partition coefficient (Wildman–Crippen LogP) is 4.18. The van der Waals surface area contributed by atoms with Crippen molar-refractivity contribution in [2.45, 2.75) is 52.0 Å². The van der Waals surface area contributed by atoms with Crippen molar-refractivity contribution in [1.82, 2.24) is 14.5 Å². The number of fused-ring (bicyclic) bond motifs is 1. The fourth-order valence-corrected chi connectivity index (χ4v) is 3.74. The molecule has 2 aromatic rings. The molecule has 0 atom stereocenters. The van der Waals surface area contributed by atoms with Crippen molar-refractivity contribution in [3.63, 3.8) is 0 Å². The van der Waals surface area contributed by atoms with Crippen molar-refractivity contribution in [1.29, 1.82) is 0 Å². The third kappa shape index (κ3) is 2.44. The second kappa shape index (κ2) is 5.72. The van der Waals surface area contributed by atoms with Crippen molar-refractivity contribution in [3.8, 4) is 0 Å². The van der Waals surface area contributed by atoms with E-state index in [2.05, 4.69) is 22.5 Å². The van der Waals surface area contributed by atoms with Crippen LogP contribution < -0.4 is 0 Å². The maximum Gasteiger partial charge on any atom is 0.111 e. The number of hydrogen-bond donors (Lipinski definition) is 0. The lowest BCUT2D eigenvalue weighted by Crippen LogP contribution is -2.24. The van der Waals surface area contributed by atoms with Crippen molar-refractivity contribution in [3.05, 3.63) is 24.3 Å². The van der Waals surface area contributed by atoms with Gasteiger partial charge >= 0.3 is 0 Å². The Morgan fingerprint density at radius 2 is 2.15 bits per heavy atom. The highest BCUT2D eigenvalue weighted by atomic mass is 35.5. The Morgan fingerprint density at radius 1 is 1.35 bits per heavy atom. The standard InChI is InChI=1S/C16H22ClN3/c1-2-16(7-3-4-8-16)12-20-14-6-10-18-11-13(14)19-15(20)5-9-17/h6,10-11H,2-5,7-9,12H2,1H3. The van der Waals surface area contributed by atoms with Crippen molar-refractivity contribution >= 4 is 22.6 Å². The van der Waals surface area contributed by atoms with Crippen molar-refractivity contribution in [2.75, 3.05) is 5.88 Å². The maximum atomic E-state index is 5.95. The normalized spacial score (nSPS) is 17.9. The molecule has 1 aliphatic carbocycles. The van der Waals surface area contributed by atoms with Gasteiger partial charge in [-0.3, -0.25) is 4.98 Å². The molecule has 0 amide bonds. The Morgan fingerprint density at radius 3 is 2.85 bits per heavy atom. The van der Waals surface area contributed by atoms with Gasteiger partial charge in [0.05, 0.1) is 11.7 Å². The lowest BCUT2D eigenvalue weighted by Gasteiger charge is -2.29. The molecule has 0 unspecified atom stereocenters. The van der Waals surface area contributed by atoms with Crippen molar-refractivity contribution in [2.24, 2.45) is 5.41 Å². The average molecular weight is 292 g/mol. The first kappa shape index (κ1) is 13.9. The number of aryl methyl sites for hydroxylation is 1. The number of hydrogen-bond acceptors (Lipinski definition) is 2. The number of rotatable bonds is 5. The van der Waals surface area contributed by atoms with Gasteiger partial charge in [0.2, 0.25) is 0 Å². The molecule has 0 saturated heterocycles. The summed E-state index contributed by atoms with van der Waals surface area (Å²) in [5.41, 5.74) is 2.66. The van der Waals surface area contributed by atoms with Crippen LogP contribution in [0.2, 0.25) is 0 Å². The Labute approximate surface area is 125 Å². The SMILES string of the molecule is CCC1(Cn2c(CCCl)nc3cnccc32)CCCC1. The molecule has 0 radical (unpaired) electrons. The number of halogens is 1. The Kier molecular flexibility index (Phi) is 3.97. The zero-order chi connectivity index (χ0) is 14.0. The minimum Gasteiger partial charge on any atom is -0.327 e. The number of imidazole rings is 1. The van der Waals surface area contributed by atoms with E-state index in [9.17, 15) is 0 Å². The molecule has 3 rings (SSSR count). The van der Waals surface area contributed by atoms with E-state index < -0.39 is 0 Å². The van der Waals surface area contributed by atoms with Crippen LogP contribution in [0, 0.1) is 5.41 Å². The largest absolute Gasteiger partial charge is 0.327 e. The van der Waals surface area contributed by atoms with Crippen LogP contribution in [-0.4, -0.2) is 20.4 Å². The molecule has 108 valence electrons. The van der Waals surface area contributed by atoms with Gasteiger partial charge in [0.1, 0.15) is 11.3 Å². The lowest BCUT2D eigenvalue weighted by atomic mass is 9.83. The first-order valence-electron chi connectivity index (χ1n) is 7.63. The van der Waals surface area contributed by atoms with Crippen LogP contribution in [0.3, 0.4) is 0 Å². The summed E-state index contributed by atoms with van der Waals surface area (Å²) in [7, 11) is 0. The summed E-state index contributed by atoms with van der Waals surface area (Å²) in [6, 6.07) is 2.08. The van der Waals surface area contributed by atoms with Crippen LogP contribution in [-0.2, 0) is 13.0 Å². The smallest absolute Gasteiger partial charge is 0.111 e. The average Bonchev–Trinajstić information content (AvgIpc) is 3.07. The fraction of sp³-hybridized carbons (Fsp3) is 0.625. The zero-order valence-electron chi connectivity index (χ0n) is 12.1. The van der Waals surface area contributed by atoms with Gasteiger partial charge in [0.25, 0.3) is 0 Å². The second-order valence-electron chi connectivity index (χ2n) is 5.98. The first-order chi connectivity index (χ1) is 9.78. The molecule has 2 heterocycles. The summed E-state index contributed by atoms with van der Waals surface area (Å²) in [5, 5.41) is 0. The highest BCUT2D eigenvalue weighted by Gasteiger charge is 2.33. The van der Waals surface area contributed by atoms with Crippen LogP contribution in [0.15, 0.2) is 18.5 Å². The van der Waals surface area contributed by atoms with E-state index in [4.69, 9.17) is 16.6 Å². The van der Waals surface area contributed by atoms with Gasteiger partial charge < -0.3 is 4.57 Å². The molecule has 0 bridgehead atoms. The van der Waals surface area contributed by atoms with Gasteiger partial charge in [-0.25, -0.2) is 4.98 Å². The Bertz CT molecular complexity index is 584. The van der Waals surface area contributed by atoms with Crippen LogP contribution in [0.1, 0.15) is 44.9 Å². The van der Waals surface area contributed by atoms with Gasteiger partial charge in [-0.05, 0) is 30.7 Å².